The van der Waals surface area contributed by atoms with E-state index >= 15 is 0 Å². The maximum atomic E-state index is 5.68. The van der Waals surface area contributed by atoms with Crippen molar-refractivity contribution in [2.75, 3.05) is 13.7 Å². The Labute approximate surface area is 179 Å². The van der Waals surface area contributed by atoms with Gasteiger partial charge in [-0.05, 0) is 46.5 Å². The van der Waals surface area contributed by atoms with E-state index in [1.165, 1.54) is 10.4 Å². The lowest BCUT2D eigenvalue weighted by Gasteiger charge is -2.30. The van der Waals surface area contributed by atoms with Crippen LogP contribution >= 0.6 is 11.3 Å². The average Bonchev–Trinajstić information content (AvgIpc) is 3.52. The predicted molar refractivity (Wildman–Crippen MR) is 115 cm³/mol. The molecular formula is C22H25N5O2S. The molecule has 0 spiro atoms. The van der Waals surface area contributed by atoms with Gasteiger partial charge in [0.25, 0.3) is 0 Å². The summed E-state index contributed by atoms with van der Waals surface area (Å²) in [5, 5.41) is 14.7. The van der Waals surface area contributed by atoms with Crippen LogP contribution in [0.2, 0.25) is 0 Å². The Balaban J connectivity index is 1.76. The first-order chi connectivity index (χ1) is 14.7. The molecule has 3 aromatic heterocycles. The lowest BCUT2D eigenvalue weighted by atomic mass is 10.0. The minimum absolute atomic E-state index is 0.135. The molecule has 0 fully saturated rings. The SMILES string of the molecule is COCCn1nnnc1[C@@H](c1ccc(C)cc1)N(Cc1ccco1)Cc1cccs1. The van der Waals surface area contributed by atoms with E-state index in [4.69, 9.17) is 9.15 Å². The second kappa shape index (κ2) is 9.80. The molecule has 156 valence electrons. The van der Waals surface area contributed by atoms with Crippen LogP contribution < -0.4 is 0 Å². The highest BCUT2D eigenvalue weighted by atomic mass is 32.1. The van der Waals surface area contributed by atoms with Gasteiger partial charge in [0.2, 0.25) is 0 Å². The van der Waals surface area contributed by atoms with Gasteiger partial charge in [-0.2, -0.15) is 0 Å². The highest BCUT2D eigenvalue weighted by molar-refractivity contribution is 7.09. The van der Waals surface area contributed by atoms with Crippen molar-refractivity contribution in [2.24, 2.45) is 0 Å². The van der Waals surface area contributed by atoms with Crippen molar-refractivity contribution in [3.05, 3.63) is 87.8 Å². The summed E-state index contributed by atoms with van der Waals surface area (Å²) in [5.74, 6) is 1.69. The van der Waals surface area contributed by atoms with Crippen molar-refractivity contribution in [3.63, 3.8) is 0 Å². The Hall–Kier alpha value is -2.81. The van der Waals surface area contributed by atoms with Crippen LogP contribution in [-0.2, 0) is 24.4 Å². The molecule has 0 aliphatic carbocycles. The van der Waals surface area contributed by atoms with E-state index in [1.807, 2.05) is 16.8 Å². The molecular weight excluding hydrogens is 398 g/mol. The fourth-order valence-corrected chi connectivity index (χ4v) is 4.19. The Kier molecular flexibility index (Phi) is 6.68. The number of aryl methyl sites for hydroxylation is 1. The monoisotopic (exact) mass is 423 g/mol. The van der Waals surface area contributed by atoms with E-state index < -0.39 is 0 Å². The zero-order chi connectivity index (χ0) is 20.8. The van der Waals surface area contributed by atoms with Crippen LogP contribution in [0.3, 0.4) is 0 Å². The molecule has 4 rings (SSSR count). The predicted octanol–water partition coefficient (Wildman–Crippen LogP) is 4.07. The van der Waals surface area contributed by atoms with Crippen molar-refractivity contribution in [1.82, 2.24) is 25.1 Å². The van der Waals surface area contributed by atoms with E-state index in [9.17, 15) is 0 Å². The summed E-state index contributed by atoms with van der Waals surface area (Å²) in [5.41, 5.74) is 2.35. The number of hydrogen-bond donors (Lipinski definition) is 0. The Morgan fingerprint density at radius 2 is 2.00 bits per heavy atom. The first kappa shape index (κ1) is 20.5. The number of rotatable bonds is 10. The molecule has 3 heterocycles. The third kappa shape index (κ3) is 4.84. The minimum Gasteiger partial charge on any atom is -0.468 e. The minimum atomic E-state index is -0.135. The number of tetrazole rings is 1. The lowest BCUT2D eigenvalue weighted by Crippen LogP contribution is -2.31. The fraction of sp³-hybridized carbons (Fsp3) is 0.318. The van der Waals surface area contributed by atoms with Crippen LogP contribution in [0.1, 0.15) is 33.6 Å². The summed E-state index contributed by atoms with van der Waals surface area (Å²) in [6.07, 6.45) is 1.71. The van der Waals surface area contributed by atoms with Gasteiger partial charge in [-0.1, -0.05) is 35.9 Å². The molecule has 0 N–H and O–H groups in total. The number of furan rings is 1. The van der Waals surface area contributed by atoms with Crippen LogP contribution in [0.15, 0.2) is 64.6 Å². The first-order valence-corrected chi connectivity index (χ1v) is 10.7. The van der Waals surface area contributed by atoms with Crippen LogP contribution in [0.5, 0.6) is 0 Å². The van der Waals surface area contributed by atoms with Gasteiger partial charge in [0.1, 0.15) is 5.76 Å². The molecule has 0 unspecified atom stereocenters. The molecule has 0 radical (unpaired) electrons. The highest BCUT2D eigenvalue weighted by Gasteiger charge is 2.29. The molecule has 0 amide bonds. The number of hydrogen-bond acceptors (Lipinski definition) is 7. The third-order valence-corrected chi connectivity index (χ3v) is 5.81. The molecule has 7 nitrogen and oxygen atoms in total. The first-order valence-electron chi connectivity index (χ1n) is 9.85. The smallest absolute Gasteiger partial charge is 0.173 e. The van der Waals surface area contributed by atoms with Gasteiger partial charge in [0.05, 0.1) is 32.0 Å². The number of aromatic nitrogens is 4. The zero-order valence-corrected chi connectivity index (χ0v) is 18.0. The molecule has 1 atom stereocenters. The van der Waals surface area contributed by atoms with Crippen molar-refractivity contribution in [2.45, 2.75) is 32.6 Å². The fourth-order valence-electron chi connectivity index (χ4n) is 3.46. The normalized spacial score (nSPS) is 12.5. The number of benzene rings is 1. The molecule has 0 bridgehead atoms. The summed E-state index contributed by atoms with van der Waals surface area (Å²) in [4.78, 5) is 3.62. The van der Waals surface area contributed by atoms with Crippen molar-refractivity contribution < 1.29 is 9.15 Å². The van der Waals surface area contributed by atoms with E-state index in [1.54, 1.807) is 24.7 Å². The maximum absolute atomic E-state index is 5.68. The molecule has 1 aromatic carbocycles. The Bertz CT molecular complexity index is 976. The Morgan fingerprint density at radius 1 is 1.13 bits per heavy atom. The summed E-state index contributed by atoms with van der Waals surface area (Å²) in [7, 11) is 1.68. The quantitative estimate of drug-likeness (QED) is 0.383. The van der Waals surface area contributed by atoms with Crippen LogP contribution in [0.25, 0.3) is 0 Å². The van der Waals surface area contributed by atoms with Crippen molar-refractivity contribution in [3.8, 4) is 0 Å². The zero-order valence-electron chi connectivity index (χ0n) is 17.1. The van der Waals surface area contributed by atoms with Gasteiger partial charge in [0.15, 0.2) is 5.82 Å². The lowest BCUT2D eigenvalue weighted by molar-refractivity contribution is 0.165. The van der Waals surface area contributed by atoms with Gasteiger partial charge < -0.3 is 9.15 Å². The molecule has 8 heteroatoms. The number of nitrogens with zero attached hydrogens (tertiary/aromatic N) is 5. The van der Waals surface area contributed by atoms with E-state index in [0.717, 1.165) is 23.7 Å². The molecule has 30 heavy (non-hydrogen) atoms. The third-order valence-electron chi connectivity index (χ3n) is 4.95. The van der Waals surface area contributed by atoms with Crippen molar-refractivity contribution >= 4 is 11.3 Å². The van der Waals surface area contributed by atoms with Crippen LogP contribution in [-0.4, -0.2) is 38.8 Å². The van der Waals surface area contributed by atoms with E-state index in [2.05, 4.69) is 69.1 Å². The van der Waals surface area contributed by atoms with Crippen LogP contribution in [0.4, 0.5) is 0 Å². The summed E-state index contributed by atoms with van der Waals surface area (Å²) in [6.45, 7) is 4.62. The van der Waals surface area contributed by atoms with Gasteiger partial charge in [-0.15, -0.1) is 16.4 Å². The average molecular weight is 424 g/mol. The summed E-state index contributed by atoms with van der Waals surface area (Å²) >= 11 is 1.74. The molecule has 0 saturated heterocycles. The number of methoxy groups -OCH3 is 1. The second-order valence-electron chi connectivity index (χ2n) is 7.13. The topological polar surface area (TPSA) is 69.2 Å². The maximum Gasteiger partial charge on any atom is 0.173 e. The largest absolute Gasteiger partial charge is 0.468 e. The van der Waals surface area contributed by atoms with Gasteiger partial charge >= 0.3 is 0 Å². The summed E-state index contributed by atoms with van der Waals surface area (Å²) in [6, 6.07) is 16.6. The molecule has 4 aromatic rings. The summed E-state index contributed by atoms with van der Waals surface area (Å²) < 4.78 is 12.8. The standard InChI is InChI=1S/C22H25N5O2S/c1-17-7-9-18(10-8-17)21(22-23-24-25-27(22)11-13-28-2)26(15-19-5-3-12-29-19)16-20-6-4-14-30-20/h3-10,12,14,21H,11,13,15-16H2,1-2H3/t21-/m1/s1. The van der Waals surface area contributed by atoms with Gasteiger partial charge in [-0.3, -0.25) is 4.90 Å². The van der Waals surface area contributed by atoms with Gasteiger partial charge in [0, 0.05) is 18.5 Å². The molecule has 0 aliphatic heterocycles. The highest BCUT2D eigenvalue weighted by Crippen LogP contribution is 2.31. The van der Waals surface area contributed by atoms with Crippen molar-refractivity contribution in [1.29, 1.82) is 0 Å². The number of thiophene rings is 1. The molecule has 0 aliphatic rings. The van der Waals surface area contributed by atoms with Crippen LogP contribution in [0, 0.1) is 6.92 Å². The number of ether oxygens (including phenoxy) is 1. The van der Waals surface area contributed by atoms with E-state index in [-0.39, 0.29) is 6.04 Å². The second-order valence-corrected chi connectivity index (χ2v) is 8.16. The Morgan fingerprint density at radius 3 is 2.70 bits per heavy atom. The van der Waals surface area contributed by atoms with Gasteiger partial charge in [-0.25, -0.2) is 4.68 Å². The molecule has 0 saturated carbocycles. The van der Waals surface area contributed by atoms with E-state index in [0.29, 0.717) is 19.7 Å².